The summed E-state index contributed by atoms with van der Waals surface area (Å²) in [4.78, 5) is 12.2. The molecule has 0 aliphatic rings. The second-order valence-corrected chi connectivity index (χ2v) is 7.58. The van der Waals surface area contributed by atoms with Crippen molar-refractivity contribution in [3.05, 3.63) is 59.1 Å². The quantitative estimate of drug-likeness (QED) is 0.852. The van der Waals surface area contributed by atoms with E-state index in [4.69, 9.17) is 11.6 Å². The van der Waals surface area contributed by atoms with Gasteiger partial charge in [0.05, 0.1) is 21.2 Å². The number of para-hydroxylation sites is 1. The number of halogens is 1. The molecule has 0 heterocycles. The van der Waals surface area contributed by atoms with Crippen LogP contribution in [0.4, 0.5) is 5.69 Å². The Balaban J connectivity index is 2.39. The van der Waals surface area contributed by atoms with E-state index in [1.54, 1.807) is 24.3 Å². The monoisotopic (exact) mass is 366 g/mol. The molecule has 24 heavy (non-hydrogen) atoms. The Labute approximate surface area is 147 Å². The van der Waals surface area contributed by atoms with Crippen LogP contribution in [0.15, 0.2) is 53.4 Å². The topological polar surface area (TPSA) is 66.5 Å². The predicted molar refractivity (Wildman–Crippen MR) is 96.1 cm³/mol. The number of nitrogens with one attached hydrogen (secondary N) is 1. The highest BCUT2D eigenvalue weighted by Gasteiger charge is 2.23. The van der Waals surface area contributed by atoms with Gasteiger partial charge in [0.2, 0.25) is 0 Å². The Morgan fingerprint density at radius 3 is 2.46 bits per heavy atom. The summed E-state index contributed by atoms with van der Waals surface area (Å²) in [6.07, 6.45) is 0.776. The lowest BCUT2D eigenvalue weighted by molar-refractivity contribution is 0.0953. The molecule has 0 radical (unpaired) electrons. The highest BCUT2D eigenvalue weighted by Crippen LogP contribution is 2.25. The van der Waals surface area contributed by atoms with Crippen molar-refractivity contribution in [3.8, 4) is 0 Å². The fourth-order valence-electron chi connectivity index (χ4n) is 2.11. The van der Waals surface area contributed by atoms with Crippen LogP contribution in [0, 0.1) is 0 Å². The Morgan fingerprint density at radius 2 is 1.83 bits per heavy atom. The second kappa shape index (κ2) is 7.68. The Morgan fingerprint density at radius 1 is 1.17 bits per heavy atom. The second-order valence-electron chi connectivity index (χ2n) is 5.21. The molecular weight excluding hydrogens is 348 g/mol. The number of carbonyl (C=O) groups excluding carboxylic acids is 1. The number of hydrogen-bond acceptors (Lipinski definition) is 3. The summed E-state index contributed by atoms with van der Waals surface area (Å²) in [6.45, 7) is 2.42. The summed E-state index contributed by atoms with van der Waals surface area (Å²) < 4.78 is 26.7. The Hall–Kier alpha value is -2.05. The molecule has 5 nitrogen and oxygen atoms in total. The van der Waals surface area contributed by atoms with Crippen LogP contribution in [0.1, 0.15) is 23.7 Å². The van der Waals surface area contributed by atoms with Crippen LogP contribution >= 0.6 is 11.6 Å². The van der Waals surface area contributed by atoms with Crippen LogP contribution in [0.2, 0.25) is 5.02 Å². The molecule has 0 aromatic heterocycles. The van der Waals surface area contributed by atoms with E-state index in [-0.39, 0.29) is 21.4 Å². The maximum atomic E-state index is 12.8. The fraction of sp³-hybridized carbons (Fsp3) is 0.235. The van der Waals surface area contributed by atoms with Crippen molar-refractivity contribution in [1.29, 1.82) is 0 Å². The lowest BCUT2D eigenvalue weighted by Gasteiger charge is -2.20. The van der Waals surface area contributed by atoms with E-state index in [1.807, 2.05) is 13.0 Å². The van der Waals surface area contributed by atoms with E-state index in [0.29, 0.717) is 12.2 Å². The first kappa shape index (κ1) is 18.3. The van der Waals surface area contributed by atoms with Crippen LogP contribution in [0.5, 0.6) is 0 Å². The molecule has 0 saturated carbocycles. The van der Waals surface area contributed by atoms with Gasteiger partial charge in [-0.15, -0.1) is 0 Å². The number of anilines is 1. The van der Waals surface area contributed by atoms with Crippen LogP contribution < -0.4 is 9.62 Å². The zero-order valence-electron chi connectivity index (χ0n) is 13.5. The molecule has 2 rings (SSSR count). The zero-order valence-corrected chi connectivity index (χ0v) is 15.1. The molecule has 128 valence electrons. The smallest absolute Gasteiger partial charge is 0.264 e. The number of sulfonamides is 1. The van der Waals surface area contributed by atoms with Crippen LogP contribution in [0.3, 0.4) is 0 Å². The summed E-state index contributed by atoms with van der Waals surface area (Å²) >= 11 is 6.05. The van der Waals surface area contributed by atoms with Gasteiger partial charge in [-0.3, -0.25) is 9.10 Å². The van der Waals surface area contributed by atoms with Crippen molar-refractivity contribution in [2.45, 2.75) is 18.2 Å². The molecule has 0 spiro atoms. The summed E-state index contributed by atoms with van der Waals surface area (Å²) in [5.41, 5.74) is 0.678. The molecule has 1 amide bonds. The summed E-state index contributed by atoms with van der Waals surface area (Å²) in [5.74, 6) is -0.388. The van der Waals surface area contributed by atoms with E-state index in [1.165, 1.54) is 29.6 Å². The largest absolute Gasteiger partial charge is 0.352 e. The van der Waals surface area contributed by atoms with E-state index >= 15 is 0 Å². The first-order valence-corrected chi connectivity index (χ1v) is 9.31. The average Bonchev–Trinajstić information content (AvgIpc) is 2.59. The lowest BCUT2D eigenvalue weighted by Crippen LogP contribution is -2.28. The molecular formula is C17H19ClN2O3S. The van der Waals surface area contributed by atoms with E-state index < -0.39 is 10.0 Å². The van der Waals surface area contributed by atoms with E-state index in [2.05, 4.69) is 5.32 Å². The number of amides is 1. The third-order valence-corrected chi connectivity index (χ3v) is 5.61. The summed E-state index contributed by atoms with van der Waals surface area (Å²) in [7, 11) is -2.32. The van der Waals surface area contributed by atoms with Crippen LogP contribution in [0.25, 0.3) is 0 Å². The fourth-order valence-corrected chi connectivity index (χ4v) is 3.53. The van der Waals surface area contributed by atoms with Gasteiger partial charge in [-0.1, -0.05) is 36.7 Å². The van der Waals surface area contributed by atoms with Crippen molar-refractivity contribution in [1.82, 2.24) is 5.32 Å². The predicted octanol–water partition coefficient (Wildman–Crippen LogP) is 3.30. The Bertz CT molecular complexity index is 823. The van der Waals surface area contributed by atoms with Gasteiger partial charge in [0.1, 0.15) is 0 Å². The minimum atomic E-state index is -3.79. The molecule has 2 aromatic carbocycles. The van der Waals surface area contributed by atoms with Crippen molar-refractivity contribution < 1.29 is 13.2 Å². The summed E-state index contributed by atoms with van der Waals surface area (Å²) in [5, 5.41) is 2.91. The van der Waals surface area contributed by atoms with Gasteiger partial charge in [0, 0.05) is 13.6 Å². The first-order chi connectivity index (χ1) is 11.4. The third-order valence-electron chi connectivity index (χ3n) is 3.50. The van der Waals surface area contributed by atoms with Gasteiger partial charge in [-0.05, 0) is 36.8 Å². The number of hydrogen-bond donors (Lipinski definition) is 1. The van der Waals surface area contributed by atoms with Gasteiger partial charge in [0.15, 0.2) is 0 Å². The van der Waals surface area contributed by atoms with Crippen molar-refractivity contribution >= 4 is 33.2 Å². The number of carbonyl (C=O) groups is 1. The third kappa shape index (κ3) is 3.88. The SMILES string of the molecule is CCCNC(=O)c1cc(S(=O)(=O)N(C)c2ccccc2)ccc1Cl. The van der Waals surface area contributed by atoms with Gasteiger partial charge in [-0.25, -0.2) is 8.42 Å². The number of benzene rings is 2. The maximum Gasteiger partial charge on any atom is 0.264 e. The van der Waals surface area contributed by atoms with Crippen molar-refractivity contribution in [2.24, 2.45) is 0 Å². The number of nitrogens with zero attached hydrogens (tertiary/aromatic N) is 1. The van der Waals surface area contributed by atoms with Crippen molar-refractivity contribution in [3.63, 3.8) is 0 Å². The minimum absolute atomic E-state index is 0.0138. The molecule has 0 bridgehead atoms. The highest BCUT2D eigenvalue weighted by molar-refractivity contribution is 7.92. The molecule has 0 atom stereocenters. The van der Waals surface area contributed by atoms with Crippen LogP contribution in [-0.4, -0.2) is 27.9 Å². The molecule has 0 fully saturated rings. The lowest BCUT2D eigenvalue weighted by atomic mass is 10.2. The van der Waals surface area contributed by atoms with Crippen LogP contribution in [-0.2, 0) is 10.0 Å². The first-order valence-electron chi connectivity index (χ1n) is 7.49. The van der Waals surface area contributed by atoms with E-state index in [9.17, 15) is 13.2 Å². The molecule has 0 aliphatic carbocycles. The average molecular weight is 367 g/mol. The standard InChI is InChI=1S/C17H19ClN2O3S/c1-3-11-19-17(21)15-12-14(9-10-16(15)18)24(22,23)20(2)13-7-5-4-6-8-13/h4-10,12H,3,11H2,1-2H3,(H,19,21). The summed E-state index contributed by atoms with van der Waals surface area (Å²) in [6, 6.07) is 12.8. The van der Waals surface area contributed by atoms with Gasteiger partial charge >= 0.3 is 0 Å². The normalized spacial score (nSPS) is 11.1. The van der Waals surface area contributed by atoms with Gasteiger partial charge in [0.25, 0.3) is 15.9 Å². The maximum absolute atomic E-state index is 12.8. The molecule has 2 aromatic rings. The highest BCUT2D eigenvalue weighted by atomic mass is 35.5. The van der Waals surface area contributed by atoms with Crippen molar-refractivity contribution in [2.75, 3.05) is 17.9 Å². The van der Waals surface area contributed by atoms with E-state index in [0.717, 1.165) is 6.42 Å². The number of rotatable bonds is 6. The zero-order chi connectivity index (χ0) is 17.7. The van der Waals surface area contributed by atoms with Gasteiger partial charge < -0.3 is 5.32 Å². The molecule has 1 N–H and O–H groups in total. The molecule has 0 saturated heterocycles. The minimum Gasteiger partial charge on any atom is -0.352 e. The Kier molecular flexibility index (Phi) is 5.85. The molecule has 0 aliphatic heterocycles. The molecule has 0 unspecified atom stereocenters. The molecule has 7 heteroatoms. The van der Waals surface area contributed by atoms with Gasteiger partial charge in [-0.2, -0.15) is 0 Å².